The normalized spacial score (nSPS) is 11.4. The molecule has 0 aliphatic carbocycles. The van der Waals surface area contributed by atoms with E-state index in [1.807, 2.05) is 26.0 Å². The van der Waals surface area contributed by atoms with Crippen molar-refractivity contribution < 1.29 is 9.59 Å². The van der Waals surface area contributed by atoms with Gasteiger partial charge in [-0.1, -0.05) is 49.2 Å². The van der Waals surface area contributed by atoms with Crippen LogP contribution in [-0.4, -0.2) is 17.5 Å². The second-order valence-corrected chi connectivity index (χ2v) is 6.81. The molecule has 2 amide bonds. The molecule has 7 heteroatoms. The fourth-order valence-electron chi connectivity index (χ4n) is 2.01. The Morgan fingerprint density at radius 1 is 1.00 bits per heavy atom. The largest absolute Gasteiger partial charge is 0.326 e. The molecule has 0 unspecified atom stereocenters. The highest BCUT2D eigenvalue weighted by Crippen LogP contribution is 2.22. The molecule has 2 aromatic rings. The summed E-state index contributed by atoms with van der Waals surface area (Å²) in [5.41, 5.74) is 4.89. The number of nitrogens with one attached hydrogen (secondary N) is 2. The predicted molar refractivity (Wildman–Crippen MR) is 106 cm³/mol. The second kappa shape index (κ2) is 8.83. The van der Waals surface area contributed by atoms with E-state index in [0.717, 1.165) is 5.56 Å². The average Bonchev–Trinajstić information content (AvgIpc) is 2.61. The van der Waals surface area contributed by atoms with Crippen LogP contribution in [0.2, 0.25) is 10.0 Å². The Bertz CT molecular complexity index is 864. The summed E-state index contributed by atoms with van der Waals surface area (Å²) in [6, 6.07) is 11.8. The van der Waals surface area contributed by atoms with Crippen molar-refractivity contribution in [1.82, 2.24) is 5.43 Å². The molecule has 0 saturated carbocycles. The molecule has 2 N–H and O–H groups in total. The molecule has 0 atom stereocenters. The third-order valence-corrected chi connectivity index (χ3v) is 4.32. The number of hydrazone groups is 1. The summed E-state index contributed by atoms with van der Waals surface area (Å²) in [5.74, 6) is -0.573. The number of hydrogen-bond donors (Lipinski definition) is 2. The van der Waals surface area contributed by atoms with E-state index >= 15 is 0 Å². The van der Waals surface area contributed by atoms with Gasteiger partial charge in [0.2, 0.25) is 5.91 Å². The number of anilines is 1. The van der Waals surface area contributed by atoms with Crippen LogP contribution in [0.25, 0.3) is 0 Å². The Kier molecular flexibility index (Phi) is 6.77. The standard InChI is InChI=1S/C19H19Cl2N3O2/c1-11(2)18(25)22-15-6-4-5-13(9-15)12(3)23-24-19(26)14-7-8-16(20)17(21)10-14/h4-11H,1-3H3,(H,22,25)(H,24,26)/b23-12+. The van der Waals surface area contributed by atoms with E-state index in [2.05, 4.69) is 15.8 Å². The summed E-state index contributed by atoms with van der Waals surface area (Å²) in [7, 11) is 0. The van der Waals surface area contributed by atoms with Crippen LogP contribution in [0.1, 0.15) is 36.7 Å². The molecule has 0 fully saturated rings. The van der Waals surface area contributed by atoms with Crippen molar-refractivity contribution in [3.05, 3.63) is 63.6 Å². The van der Waals surface area contributed by atoms with Gasteiger partial charge in [0.25, 0.3) is 5.91 Å². The lowest BCUT2D eigenvalue weighted by Crippen LogP contribution is -2.20. The minimum Gasteiger partial charge on any atom is -0.326 e. The molecular formula is C19H19Cl2N3O2. The van der Waals surface area contributed by atoms with E-state index in [1.165, 1.54) is 6.07 Å². The van der Waals surface area contributed by atoms with E-state index in [0.29, 0.717) is 27.0 Å². The summed E-state index contributed by atoms with van der Waals surface area (Å²) in [5, 5.41) is 7.61. The highest BCUT2D eigenvalue weighted by atomic mass is 35.5. The van der Waals surface area contributed by atoms with Gasteiger partial charge in [0, 0.05) is 17.2 Å². The summed E-state index contributed by atoms with van der Waals surface area (Å²) in [6.45, 7) is 5.41. The first-order chi connectivity index (χ1) is 12.3. The Hall–Kier alpha value is -2.37. The van der Waals surface area contributed by atoms with Crippen molar-refractivity contribution in [3.63, 3.8) is 0 Å². The Balaban J connectivity index is 2.10. The third kappa shape index (κ3) is 5.31. The molecule has 0 spiro atoms. The summed E-state index contributed by atoms with van der Waals surface area (Å²) in [4.78, 5) is 24.0. The lowest BCUT2D eigenvalue weighted by molar-refractivity contribution is -0.118. The number of rotatable bonds is 5. The molecule has 0 aliphatic rings. The van der Waals surface area contributed by atoms with E-state index in [9.17, 15) is 9.59 Å². The first kappa shape index (κ1) is 19.9. The van der Waals surface area contributed by atoms with E-state index in [4.69, 9.17) is 23.2 Å². The Morgan fingerprint density at radius 3 is 2.38 bits per heavy atom. The topological polar surface area (TPSA) is 70.6 Å². The number of nitrogens with zero attached hydrogens (tertiary/aromatic N) is 1. The zero-order valence-electron chi connectivity index (χ0n) is 14.6. The molecular weight excluding hydrogens is 373 g/mol. The second-order valence-electron chi connectivity index (χ2n) is 5.99. The minimum atomic E-state index is -0.396. The quantitative estimate of drug-likeness (QED) is 0.570. The van der Waals surface area contributed by atoms with Gasteiger partial charge >= 0.3 is 0 Å². The van der Waals surface area contributed by atoms with Gasteiger partial charge in [-0.25, -0.2) is 5.43 Å². The molecule has 0 heterocycles. The number of benzene rings is 2. The molecule has 136 valence electrons. The molecule has 2 rings (SSSR count). The smallest absolute Gasteiger partial charge is 0.271 e. The Morgan fingerprint density at radius 2 is 1.73 bits per heavy atom. The van der Waals surface area contributed by atoms with Crippen LogP contribution in [0, 0.1) is 5.92 Å². The van der Waals surface area contributed by atoms with Crippen LogP contribution in [0.15, 0.2) is 47.6 Å². The van der Waals surface area contributed by atoms with Gasteiger partial charge in [-0.15, -0.1) is 0 Å². The first-order valence-electron chi connectivity index (χ1n) is 7.99. The van der Waals surface area contributed by atoms with Crippen molar-refractivity contribution in [2.45, 2.75) is 20.8 Å². The van der Waals surface area contributed by atoms with Crippen molar-refractivity contribution >= 4 is 46.4 Å². The highest BCUT2D eigenvalue weighted by molar-refractivity contribution is 6.42. The number of amides is 2. The van der Waals surface area contributed by atoms with Gasteiger partial charge in [-0.3, -0.25) is 9.59 Å². The van der Waals surface area contributed by atoms with Crippen LogP contribution < -0.4 is 10.7 Å². The van der Waals surface area contributed by atoms with E-state index in [-0.39, 0.29) is 11.8 Å². The number of hydrogen-bond acceptors (Lipinski definition) is 3. The monoisotopic (exact) mass is 391 g/mol. The molecule has 0 radical (unpaired) electrons. The molecule has 5 nitrogen and oxygen atoms in total. The van der Waals surface area contributed by atoms with E-state index in [1.54, 1.807) is 31.2 Å². The number of carbonyl (C=O) groups excluding carboxylic acids is 2. The molecule has 2 aromatic carbocycles. The zero-order valence-corrected chi connectivity index (χ0v) is 16.2. The molecule has 26 heavy (non-hydrogen) atoms. The SMILES string of the molecule is C/C(=N\NC(=O)c1ccc(Cl)c(Cl)c1)c1cccc(NC(=O)C(C)C)c1. The maximum absolute atomic E-state index is 12.2. The highest BCUT2D eigenvalue weighted by Gasteiger charge is 2.09. The zero-order chi connectivity index (χ0) is 19.3. The fourth-order valence-corrected chi connectivity index (χ4v) is 2.31. The van der Waals surface area contributed by atoms with Crippen molar-refractivity contribution in [1.29, 1.82) is 0 Å². The van der Waals surface area contributed by atoms with Crippen molar-refractivity contribution in [2.75, 3.05) is 5.32 Å². The van der Waals surface area contributed by atoms with E-state index < -0.39 is 5.91 Å². The van der Waals surface area contributed by atoms with Gasteiger partial charge in [0.15, 0.2) is 0 Å². The molecule has 0 saturated heterocycles. The van der Waals surface area contributed by atoms with Crippen LogP contribution in [-0.2, 0) is 4.79 Å². The van der Waals surface area contributed by atoms with Crippen LogP contribution in [0.3, 0.4) is 0 Å². The number of carbonyl (C=O) groups is 2. The minimum absolute atomic E-state index is 0.0651. The fraction of sp³-hybridized carbons (Fsp3) is 0.211. The lowest BCUT2D eigenvalue weighted by Gasteiger charge is -2.09. The first-order valence-corrected chi connectivity index (χ1v) is 8.74. The summed E-state index contributed by atoms with van der Waals surface area (Å²) in [6.07, 6.45) is 0. The molecule has 0 aromatic heterocycles. The molecule has 0 aliphatic heterocycles. The maximum atomic E-state index is 12.2. The number of halogens is 2. The maximum Gasteiger partial charge on any atom is 0.271 e. The third-order valence-electron chi connectivity index (χ3n) is 3.58. The Labute approximate surface area is 162 Å². The van der Waals surface area contributed by atoms with Gasteiger partial charge in [-0.2, -0.15) is 5.10 Å². The van der Waals surface area contributed by atoms with Crippen LogP contribution in [0.4, 0.5) is 5.69 Å². The summed E-state index contributed by atoms with van der Waals surface area (Å²) < 4.78 is 0. The van der Waals surface area contributed by atoms with Gasteiger partial charge in [0.1, 0.15) is 0 Å². The van der Waals surface area contributed by atoms with Crippen LogP contribution >= 0.6 is 23.2 Å². The predicted octanol–water partition coefficient (Wildman–Crippen LogP) is 4.74. The van der Waals surface area contributed by atoms with Gasteiger partial charge < -0.3 is 5.32 Å². The van der Waals surface area contributed by atoms with Crippen molar-refractivity contribution in [2.24, 2.45) is 11.0 Å². The summed E-state index contributed by atoms with van der Waals surface area (Å²) >= 11 is 11.8. The lowest BCUT2D eigenvalue weighted by atomic mass is 10.1. The average molecular weight is 392 g/mol. The van der Waals surface area contributed by atoms with Crippen LogP contribution in [0.5, 0.6) is 0 Å². The molecule has 0 bridgehead atoms. The van der Waals surface area contributed by atoms with Crippen molar-refractivity contribution in [3.8, 4) is 0 Å². The van der Waals surface area contributed by atoms with Gasteiger partial charge in [-0.05, 0) is 42.8 Å². The van der Waals surface area contributed by atoms with Gasteiger partial charge in [0.05, 0.1) is 15.8 Å².